The Hall–Kier alpha value is -2.92. The highest BCUT2D eigenvalue weighted by molar-refractivity contribution is 7.89. The van der Waals surface area contributed by atoms with Gasteiger partial charge in [0.25, 0.3) is 11.6 Å². The van der Waals surface area contributed by atoms with E-state index >= 15 is 0 Å². The van der Waals surface area contributed by atoms with E-state index in [1.165, 1.54) is 23.1 Å². The van der Waals surface area contributed by atoms with Gasteiger partial charge in [0.2, 0.25) is 10.0 Å². The number of rotatable bonds is 4. The van der Waals surface area contributed by atoms with Gasteiger partial charge in [-0.1, -0.05) is 6.07 Å². The molecule has 3 rings (SSSR count). The first-order valence-corrected chi connectivity index (χ1v) is 9.62. The van der Waals surface area contributed by atoms with Crippen molar-refractivity contribution in [1.82, 2.24) is 9.21 Å². The maximum absolute atomic E-state index is 13.3. The van der Waals surface area contributed by atoms with E-state index in [0.29, 0.717) is 6.07 Å². The van der Waals surface area contributed by atoms with Crippen LogP contribution >= 0.6 is 0 Å². The number of amides is 1. The van der Waals surface area contributed by atoms with E-state index in [2.05, 4.69) is 0 Å². The number of non-ortho nitro benzene ring substituents is 1. The van der Waals surface area contributed by atoms with Crippen LogP contribution in [-0.4, -0.2) is 54.6 Å². The van der Waals surface area contributed by atoms with E-state index in [0.717, 1.165) is 22.5 Å². The van der Waals surface area contributed by atoms with Crippen LogP contribution < -0.4 is 0 Å². The van der Waals surface area contributed by atoms with Crippen molar-refractivity contribution in [3.8, 4) is 0 Å². The first-order valence-electron chi connectivity index (χ1n) is 8.18. The number of nitro groups is 1. The smallest absolute Gasteiger partial charge is 0.270 e. The van der Waals surface area contributed by atoms with Gasteiger partial charge in [-0.15, -0.1) is 0 Å². The maximum atomic E-state index is 13.3. The normalized spacial score (nSPS) is 15.4. The fourth-order valence-corrected chi connectivity index (χ4v) is 4.36. The molecule has 1 heterocycles. The van der Waals surface area contributed by atoms with Gasteiger partial charge in [0.05, 0.1) is 9.82 Å². The van der Waals surface area contributed by atoms with Crippen molar-refractivity contribution >= 4 is 21.6 Å². The van der Waals surface area contributed by atoms with E-state index in [1.54, 1.807) is 0 Å². The summed E-state index contributed by atoms with van der Waals surface area (Å²) in [5, 5.41) is 10.9. The van der Waals surface area contributed by atoms with Gasteiger partial charge in [-0.05, 0) is 18.2 Å². The molecule has 1 saturated heterocycles. The van der Waals surface area contributed by atoms with Crippen LogP contribution in [0.1, 0.15) is 10.4 Å². The Bertz CT molecular complexity index is 1020. The van der Waals surface area contributed by atoms with Crippen molar-refractivity contribution in [2.75, 3.05) is 26.2 Å². The molecule has 0 N–H and O–H groups in total. The molecule has 1 amide bonds. The van der Waals surface area contributed by atoms with Gasteiger partial charge in [0.1, 0.15) is 11.6 Å². The fraction of sp³-hybridized carbons (Fsp3) is 0.235. The van der Waals surface area contributed by atoms with E-state index in [-0.39, 0.29) is 42.3 Å². The van der Waals surface area contributed by atoms with Gasteiger partial charge in [-0.3, -0.25) is 14.9 Å². The van der Waals surface area contributed by atoms with Gasteiger partial charge in [-0.25, -0.2) is 17.2 Å². The molecule has 0 unspecified atom stereocenters. The van der Waals surface area contributed by atoms with Gasteiger partial charge >= 0.3 is 0 Å². The van der Waals surface area contributed by atoms with Crippen LogP contribution in [0.25, 0.3) is 0 Å². The zero-order valence-electron chi connectivity index (χ0n) is 14.4. The Morgan fingerprint density at radius 1 is 1.00 bits per heavy atom. The molecule has 0 atom stereocenters. The zero-order valence-corrected chi connectivity index (χ0v) is 15.2. The van der Waals surface area contributed by atoms with Crippen LogP contribution in [0.5, 0.6) is 0 Å². The number of carbonyl (C=O) groups is 1. The zero-order chi connectivity index (χ0) is 20.5. The maximum Gasteiger partial charge on any atom is 0.270 e. The molecular formula is C17H15F2N3O5S. The molecule has 148 valence electrons. The Balaban J connectivity index is 1.73. The van der Waals surface area contributed by atoms with Gasteiger partial charge in [0.15, 0.2) is 0 Å². The summed E-state index contributed by atoms with van der Waals surface area (Å²) in [6.45, 7) is -0.0562. The topological polar surface area (TPSA) is 101 Å². The van der Waals surface area contributed by atoms with Crippen molar-refractivity contribution in [2.45, 2.75) is 4.90 Å². The van der Waals surface area contributed by atoms with Crippen LogP contribution in [0, 0.1) is 21.7 Å². The Morgan fingerprint density at radius 3 is 2.18 bits per heavy atom. The third-order valence-corrected chi connectivity index (χ3v) is 6.20. The van der Waals surface area contributed by atoms with Crippen LogP contribution in [0.15, 0.2) is 47.4 Å². The molecule has 8 nitrogen and oxygen atoms in total. The molecule has 1 fully saturated rings. The van der Waals surface area contributed by atoms with Gasteiger partial charge in [0, 0.05) is 49.9 Å². The second-order valence-corrected chi connectivity index (χ2v) is 8.05. The highest BCUT2D eigenvalue weighted by Gasteiger charge is 2.31. The van der Waals surface area contributed by atoms with Crippen molar-refractivity contribution in [3.05, 3.63) is 69.8 Å². The van der Waals surface area contributed by atoms with Crippen LogP contribution in [0.2, 0.25) is 0 Å². The van der Waals surface area contributed by atoms with Gasteiger partial charge < -0.3 is 4.90 Å². The molecule has 2 aromatic carbocycles. The number of carbonyl (C=O) groups excluding carboxylic acids is 1. The summed E-state index contributed by atoms with van der Waals surface area (Å²) in [5.74, 6) is -2.36. The van der Waals surface area contributed by atoms with E-state index in [1.807, 2.05) is 0 Å². The van der Waals surface area contributed by atoms with E-state index < -0.39 is 32.5 Å². The highest BCUT2D eigenvalue weighted by Crippen LogP contribution is 2.22. The molecule has 0 radical (unpaired) electrons. The largest absolute Gasteiger partial charge is 0.336 e. The first-order chi connectivity index (χ1) is 13.2. The number of halogens is 2. The number of benzene rings is 2. The third kappa shape index (κ3) is 3.99. The average molecular weight is 411 g/mol. The molecular weight excluding hydrogens is 396 g/mol. The highest BCUT2D eigenvalue weighted by atomic mass is 32.2. The number of sulfonamides is 1. The van der Waals surface area contributed by atoms with Crippen LogP contribution in [0.4, 0.5) is 14.5 Å². The van der Waals surface area contributed by atoms with Crippen molar-refractivity contribution in [2.24, 2.45) is 0 Å². The van der Waals surface area contributed by atoms with Crippen LogP contribution in [0.3, 0.4) is 0 Å². The second kappa shape index (κ2) is 7.60. The first kappa shape index (κ1) is 19.8. The lowest BCUT2D eigenvalue weighted by molar-refractivity contribution is -0.385. The molecule has 0 saturated carbocycles. The molecule has 1 aliphatic rings. The summed E-state index contributed by atoms with van der Waals surface area (Å²) in [6.07, 6.45) is 0. The average Bonchev–Trinajstić information content (AvgIpc) is 2.67. The minimum absolute atomic E-state index is 0.0190. The summed E-state index contributed by atoms with van der Waals surface area (Å²) in [6, 6.07) is 7.18. The lowest BCUT2D eigenvalue weighted by atomic mass is 10.1. The second-order valence-electron chi connectivity index (χ2n) is 6.11. The molecule has 28 heavy (non-hydrogen) atoms. The predicted molar refractivity (Wildman–Crippen MR) is 94.1 cm³/mol. The lowest BCUT2D eigenvalue weighted by Gasteiger charge is -2.34. The number of nitrogens with zero attached hydrogens (tertiary/aromatic N) is 3. The minimum Gasteiger partial charge on any atom is -0.336 e. The summed E-state index contributed by atoms with van der Waals surface area (Å²) >= 11 is 0. The summed E-state index contributed by atoms with van der Waals surface area (Å²) in [7, 11) is -3.97. The standard InChI is InChI=1S/C17H15F2N3O5S/c18-13-8-12(9-14(19)10-13)17(23)20-4-6-21(7-5-20)28(26,27)16-3-1-2-15(11-16)22(24)25/h1-3,8-11H,4-7H2. The lowest BCUT2D eigenvalue weighted by Crippen LogP contribution is -2.50. The van der Waals surface area contributed by atoms with Crippen molar-refractivity contribution in [3.63, 3.8) is 0 Å². The van der Waals surface area contributed by atoms with Gasteiger partial charge in [-0.2, -0.15) is 4.31 Å². The predicted octanol–water partition coefficient (Wildman–Crippen LogP) is 2.02. The number of nitro benzene ring substituents is 1. The molecule has 0 aromatic heterocycles. The molecule has 1 aliphatic heterocycles. The summed E-state index contributed by atoms with van der Waals surface area (Å²) in [5.41, 5.74) is -0.504. The van der Waals surface area contributed by atoms with E-state index in [9.17, 15) is 32.1 Å². The Kier molecular flexibility index (Phi) is 5.38. The number of piperazine rings is 1. The van der Waals surface area contributed by atoms with Crippen molar-refractivity contribution in [1.29, 1.82) is 0 Å². The van der Waals surface area contributed by atoms with Crippen molar-refractivity contribution < 1.29 is 26.9 Å². The quantitative estimate of drug-likeness (QED) is 0.566. The molecule has 2 aromatic rings. The summed E-state index contributed by atoms with van der Waals surface area (Å²) < 4.78 is 53.1. The number of hydrogen-bond acceptors (Lipinski definition) is 5. The molecule has 0 aliphatic carbocycles. The third-order valence-electron chi connectivity index (χ3n) is 4.30. The molecule has 0 bridgehead atoms. The molecule has 11 heteroatoms. The fourth-order valence-electron chi connectivity index (χ4n) is 2.90. The Morgan fingerprint density at radius 2 is 1.61 bits per heavy atom. The van der Waals surface area contributed by atoms with E-state index in [4.69, 9.17) is 0 Å². The molecule has 0 spiro atoms. The number of hydrogen-bond donors (Lipinski definition) is 0. The minimum atomic E-state index is -3.97. The SMILES string of the molecule is O=C(c1cc(F)cc(F)c1)N1CCN(S(=O)(=O)c2cccc([N+](=O)[O-])c2)CC1. The van der Waals surface area contributed by atoms with Crippen LogP contribution in [-0.2, 0) is 10.0 Å². The Labute approximate surface area is 159 Å². The summed E-state index contributed by atoms with van der Waals surface area (Å²) in [4.78, 5) is 23.7. The monoisotopic (exact) mass is 411 g/mol.